The van der Waals surface area contributed by atoms with E-state index in [2.05, 4.69) is 23.1 Å². The summed E-state index contributed by atoms with van der Waals surface area (Å²) in [6.07, 6.45) is -1.70. The lowest BCUT2D eigenvalue weighted by Crippen LogP contribution is -2.55. The van der Waals surface area contributed by atoms with Crippen LogP contribution < -0.4 is 4.74 Å². The molecular weight excluding hydrogens is 596 g/mol. The van der Waals surface area contributed by atoms with Crippen LogP contribution in [0.15, 0.2) is 36.4 Å². The zero-order valence-corrected chi connectivity index (χ0v) is 25.9. The molecule has 1 saturated carbocycles. The van der Waals surface area contributed by atoms with Crippen molar-refractivity contribution in [2.45, 2.75) is 114 Å². The largest absolute Gasteiger partial charge is 0.490 e. The fourth-order valence-corrected chi connectivity index (χ4v) is 8.60. The third-order valence-corrected chi connectivity index (χ3v) is 10.9. The predicted octanol–water partition coefficient (Wildman–Crippen LogP) is 9.11. The molecule has 0 N–H and O–H groups in total. The fraction of sp³-hybridized carbons (Fsp3) is 0.629. The van der Waals surface area contributed by atoms with Crippen LogP contribution in [0.2, 0.25) is 0 Å². The van der Waals surface area contributed by atoms with Gasteiger partial charge in [0.2, 0.25) is 0 Å². The van der Waals surface area contributed by atoms with Gasteiger partial charge in [-0.1, -0.05) is 25.5 Å². The van der Waals surface area contributed by atoms with Crippen molar-refractivity contribution in [1.29, 1.82) is 0 Å². The number of ether oxygens (including phenoxy) is 2. The second kappa shape index (κ2) is 12.1. The highest BCUT2D eigenvalue weighted by molar-refractivity contribution is 5.73. The number of hydrogen-bond donors (Lipinski definition) is 0. The molecule has 2 bridgehead atoms. The molecule has 10 heteroatoms. The number of methoxy groups -OCH3 is 1. The predicted molar refractivity (Wildman–Crippen MR) is 157 cm³/mol. The number of piperidine rings is 2. The molecular formula is C35H41F6NO3. The minimum atomic E-state index is -4.75. The fourth-order valence-electron chi connectivity index (χ4n) is 8.60. The Morgan fingerprint density at radius 2 is 1.60 bits per heavy atom. The minimum absolute atomic E-state index is 0.0374. The number of carbonyl (C=O) groups is 1. The quantitative estimate of drug-likeness (QED) is 0.224. The average molecular weight is 638 g/mol. The van der Waals surface area contributed by atoms with Crippen LogP contribution in [-0.2, 0) is 28.3 Å². The molecule has 2 aromatic carbocycles. The summed E-state index contributed by atoms with van der Waals surface area (Å²) in [6.45, 7) is 3.54. The number of benzene rings is 2. The van der Waals surface area contributed by atoms with E-state index >= 15 is 0 Å². The van der Waals surface area contributed by atoms with E-state index in [1.54, 1.807) is 6.92 Å². The summed E-state index contributed by atoms with van der Waals surface area (Å²) in [5, 5.41) is 0. The molecule has 1 aliphatic carbocycles. The highest BCUT2D eigenvalue weighted by atomic mass is 19.4. The highest BCUT2D eigenvalue weighted by Crippen LogP contribution is 2.50. The number of aryl methyl sites for hydroxylation is 1. The van der Waals surface area contributed by atoms with E-state index in [0.717, 1.165) is 74.7 Å². The Bertz CT molecular complexity index is 1390. The zero-order valence-electron chi connectivity index (χ0n) is 25.9. The van der Waals surface area contributed by atoms with Gasteiger partial charge in [-0.2, -0.15) is 26.3 Å². The maximum absolute atomic E-state index is 14.0. The molecule has 2 aromatic rings. The van der Waals surface area contributed by atoms with E-state index in [0.29, 0.717) is 24.1 Å². The summed E-state index contributed by atoms with van der Waals surface area (Å²) >= 11 is 0. The van der Waals surface area contributed by atoms with Crippen molar-refractivity contribution in [2.24, 2.45) is 17.8 Å². The third-order valence-electron chi connectivity index (χ3n) is 10.9. The number of fused-ring (bicyclic) bond motifs is 3. The van der Waals surface area contributed by atoms with E-state index in [1.165, 1.54) is 7.11 Å². The van der Waals surface area contributed by atoms with Gasteiger partial charge in [-0.25, -0.2) is 0 Å². The summed E-state index contributed by atoms with van der Waals surface area (Å²) in [5.41, 5.74) is -0.162. The van der Waals surface area contributed by atoms with Gasteiger partial charge in [-0.3, -0.25) is 9.69 Å². The SMILES string of the molecule is COC(=O)[C@@H](C)[C@H](c1ccc2c(c1)OC(C1CC3CCCC(C1)N3[C@H](C)c1cc(C(F)(F)F)ccc1C(F)(F)F)CC2)C1CC1. The van der Waals surface area contributed by atoms with Gasteiger partial charge in [0, 0.05) is 18.1 Å². The van der Waals surface area contributed by atoms with Crippen molar-refractivity contribution >= 4 is 5.97 Å². The monoisotopic (exact) mass is 637 g/mol. The number of hydrogen-bond acceptors (Lipinski definition) is 4. The second-order valence-corrected chi connectivity index (χ2v) is 13.6. The molecule has 3 aliphatic heterocycles. The Kier molecular flexibility index (Phi) is 8.67. The van der Waals surface area contributed by atoms with Gasteiger partial charge in [0.1, 0.15) is 11.9 Å². The molecule has 4 nitrogen and oxygen atoms in total. The lowest BCUT2D eigenvalue weighted by atomic mass is 9.73. The van der Waals surface area contributed by atoms with E-state index in [-0.39, 0.29) is 47.5 Å². The van der Waals surface area contributed by atoms with Gasteiger partial charge in [0.05, 0.1) is 24.2 Å². The number of halogens is 6. The maximum Gasteiger partial charge on any atom is 0.416 e. The number of rotatable bonds is 7. The topological polar surface area (TPSA) is 38.8 Å². The molecule has 45 heavy (non-hydrogen) atoms. The maximum atomic E-state index is 14.0. The van der Waals surface area contributed by atoms with Crippen LogP contribution in [0.1, 0.15) is 105 Å². The first-order valence-corrected chi connectivity index (χ1v) is 16.2. The van der Waals surface area contributed by atoms with Crippen LogP contribution in [-0.4, -0.2) is 36.2 Å². The average Bonchev–Trinajstić information content (AvgIpc) is 3.83. The van der Waals surface area contributed by atoms with Crippen molar-refractivity contribution in [2.75, 3.05) is 7.11 Å². The van der Waals surface area contributed by atoms with Crippen LogP contribution in [0, 0.1) is 17.8 Å². The molecule has 0 amide bonds. The van der Waals surface area contributed by atoms with E-state index in [1.807, 2.05) is 6.92 Å². The Hall–Kier alpha value is -2.75. The van der Waals surface area contributed by atoms with Crippen molar-refractivity contribution in [3.8, 4) is 5.75 Å². The molecule has 3 unspecified atom stereocenters. The molecule has 0 spiro atoms. The Morgan fingerprint density at radius 1 is 0.911 bits per heavy atom. The van der Waals surface area contributed by atoms with E-state index < -0.39 is 29.5 Å². The van der Waals surface area contributed by atoms with Crippen molar-refractivity contribution in [3.05, 3.63) is 64.2 Å². The summed E-state index contributed by atoms with van der Waals surface area (Å²) in [5.74, 6) is 1.05. The molecule has 4 aliphatic rings. The smallest absolute Gasteiger partial charge is 0.416 e. The zero-order chi connectivity index (χ0) is 32.3. The molecule has 0 radical (unpaired) electrons. The van der Waals surface area contributed by atoms with Crippen LogP contribution in [0.25, 0.3) is 0 Å². The lowest BCUT2D eigenvalue weighted by Gasteiger charge is -2.53. The van der Waals surface area contributed by atoms with Crippen LogP contribution in [0.4, 0.5) is 26.3 Å². The number of carbonyl (C=O) groups excluding carboxylic acids is 1. The summed E-state index contributed by atoms with van der Waals surface area (Å²) in [4.78, 5) is 14.5. The molecule has 6 rings (SSSR count). The molecule has 6 atom stereocenters. The summed E-state index contributed by atoms with van der Waals surface area (Å²) in [7, 11) is 1.42. The van der Waals surface area contributed by atoms with Gasteiger partial charge in [-0.05, 0) is 117 Å². The van der Waals surface area contributed by atoms with Gasteiger partial charge >= 0.3 is 18.3 Å². The van der Waals surface area contributed by atoms with Crippen molar-refractivity contribution < 1.29 is 40.6 Å². The molecule has 0 aromatic heterocycles. The minimum Gasteiger partial charge on any atom is -0.490 e. The highest BCUT2D eigenvalue weighted by Gasteiger charge is 2.47. The second-order valence-electron chi connectivity index (χ2n) is 13.6. The van der Waals surface area contributed by atoms with Gasteiger partial charge in [0.15, 0.2) is 0 Å². The Morgan fingerprint density at radius 3 is 2.20 bits per heavy atom. The summed E-state index contributed by atoms with van der Waals surface area (Å²) < 4.78 is 94.5. The number of esters is 1. The molecule has 2 saturated heterocycles. The summed E-state index contributed by atoms with van der Waals surface area (Å²) in [6, 6.07) is 7.22. The van der Waals surface area contributed by atoms with Crippen LogP contribution >= 0.6 is 0 Å². The molecule has 3 fully saturated rings. The normalized spacial score (nSPS) is 27.6. The van der Waals surface area contributed by atoms with E-state index in [4.69, 9.17) is 9.47 Å². The lowest BCUT2D eigenvalue weighted by molar-refractivity contribution is -0.146. The van der Waals surface area contributed by atoms with Gasteiger partial charge < -0.3 is 9.47 Å². The first-order valence-electron chi connectivity index (χ1n) is 16.2. The first-order chi connectivity index (χ1) is 21.3. The van der Waals surface area contributed by atoms with Crippen LogP contribution in [0.5, 0.6) is 5.75 Å². The van der Waals surface area contributed by atoms with Gasteiger partial charge in [-0.15, -0.1) is 0 Å². The molecule has 3 heterocycles. The Balaban J connectivity index is 1.22. The van der Waals surface area contributed by atoms with Crippen LogP contribution in [0.3, 0.4) is 0 Å². The third kappa shape index (κ3) is 6.45. The van der Waals surface area contributed by atoms with Crippen molar-refractivity contribution in [3.63, 3.8) is 0 Å². The standard InChI is InChI=1S/C35H41F6NO3/c1-19(33(43)44-3)32(22-8-9-22)23-10-7-21-11-14-30(45-31(21)17-23)24-15-26-5-4-6-27(16-24)42(26)20(2)28-18-25(34(36,37)38)12-13-29(28)35(39,40)41/h7,10,12-13,17-20,22,24,26-27,30,32H,4-6,8-9,11,14-16H2,1-3H3/t19-,20+,24?,26?,27?,30?,32-/m0/s1. The van der Waals surface area contributed by atoms with E-state index in [9.17, 15) is 31.1 Å². The first kappa shape index (κ1) is 32.2. The molecule has 246 valence electrons. The van der Waals surface area contributed by atoms with Gasteiger partial charge in [0.25, 0.3) is 0 Å². The number of alkyl halides is 6. The Labute approximate surface area is 260 Å². The van der Waals surface area contributed by atoms with Crippen molar-refractivity contribution in [1.82, 2.24) is 4.90 Å². The number of nitrogens with zero attached hydrogens (tertiary/aromatic N) is 1.